The van der Waals surface area contributed by atoms with Gasteiger partial charge < -0.3 is 14.4 Å². The SMILES string of the molecule is CCCC(Sc1ncc[nH]1)N1C(=O)C2=C(c3ccc(Cl)cc3)N(CC[N+](C)(C)C)C(=O)C2=C1c1ccc(Cl)cc1. The maximum Gasteiger partial charge on any atom is 0.262 e. The molecule has 2 aliphatic heterocycles. The number of nitrogens with zero attached hydrogens (tertiary/aromatic N) is 4. The Morgan fingerprint density at radius 2 is 1.48 bits per heavy atom. The highest BCUT2D eigenvalue weighted by atomic mass is 35.5. The number of nitrogens with one attached hydrogen (secondary N) is 1. The predicted molar refractivity (Wildman–Crippen MR) is 161 cm³/mol. The number of fused-ring (bicyclic) bond motifs is 1. The van der Waals surface area contributed by atoms with Crippen molar-refractivity contribution in [1.29, 1.82) is 0 Å². The molecule has 5 rings (SSSR count). The van der Waals surface area contributed by atoms with Crippen LogP contribution in [-0.4, -0.2) is 75.7 Å². The Kier molecular flexibility index (Phi) is 8.15. The average molecular weight is 598 g/mol. The molecule has 2 amide bonds. The fourth-order valence-corrected chi connectivity index (χ4v) is 6.41. The van der Waals surface area contributed by atoms with Crippen molar-refractivity contribution >= 4 is 58.2 Å². The van der Waals surface area contributed by atoms with E-state index in [9.17, 15) is 9.59 Å². The van der Waals surface area contributed by atoms with Crippen molar-refractivity contribution in [3.63, 3.8) is 0 Å². The van der Waals surface area contributed by atoms with Gasteiger partial charge in [0.25, 0.3) is 11.8 Å². The van der Waals surface area contributed by atoms with Crippen molar-refractivity contribution in [3.05, 3.63) is 93.2 Å². The first-order chi connectivity index (χ1) is 19.1. The molecular formula is C30H32Cl2N5O2S+. The van der Waals surface area contributed by atoms with Crippen molar-refractivity contribution in [3.8, 4) is 0 Å². The number of hydrogen-bond donors (Lipinski definition) is 1. The molecule has 2 aliphatic rings. The Morgan fingerprint density at radius 3 is 2.00 bits per heavy atom. The van der Waals surface area contributed by atoms with Crippen molar-refractivity contribution < 1.29 is 14.1 Å². The number of H-pyrrole nitrogens is 1. The van der Waals surface area contributed by atoms with E-state index in [1.54, 1.807) is 46.5 Å². The van der Waals surface area contributed by atoms with Gasteiger partial charge in [-0.15, -0.1) is 0 Å². The van der Waals surface area contributed by atoms with Gasteiger partial charge >= 0.3 is 0 Å². The first kappa shape index (κ1) is 28.5. The van der Waals surface area contributed by atoms with Gasteiger partial charge in [-0.05, 0) is 41.8 Å². The summed E-state index contributed by atoms with van der Waals surface area (Å²) in [7, 11) is 6.26. The number of benzene rings is 2. The first-order valence-electron chi connectivity index (χ1n) is 13.2. The summed E-state index contributed by atoms with van der Waals surface area (Å²) in [6.45, 7) is 3.26. The van der Waals surface area contributed by atoms with Crippen LogP contribution in [0, 0.1) is 0 Å². The average Bonchev–Trinajstić information content (AvgIpc) is 3.59. The summed E-state index contributed by atoms with van der Waals surface area (Å²) in [5.41, 5.74) is 3.64. The molecule has 0 aliphatic carbocycles. The van der Waals surface area contributed by atoms with Gasteiger partial charge in [0.05, 0.1) is 62.1 Å². The lowest BCUT2D eigenvalue weighted by Crippen LogP contribution is -2.42. The van der Waals surface area contributed by atoms with Crippen LogP contribution in [-0.2, 0) is 9.59 Å². The molecule has 0 spiro atoms. The molecule has 1 atom stereocenters. The van der Waals surface area contributed by atoms with Crippen molar-refractivity contribution in [1.82, 2.24) is 19.8 Å². The largest absolute Gasteiger partial charge is 0.340 e. The van der Waals surface area contributed by atoms with Crippen LogP contribution in [0.25, 0.3) is 11.4 Å². The van der Waals surface area contributed by atoms with E-state index in [0.29, 0.717) is 61.7 Å². The van der Waals surface area contributed by atoms with Gasteiger partial charge in [0.15, 0.2) is 5.16 Å². The molecule has 0 saturated heterocycles. The van der Waals surface area contributed by atoms with E-state index in [2.05, 4.69) is 38.0 Å². The molecule has 40 heavy (non-hydrogen) atoms. The summed E-state index contributed by atoms with van der Waals surface area (Å²) >= 11 is 14.0. The molecule has 1 N–H and O–H groups in total. The third kappa shape index (κ3) is 5.59. The molecular weight excluding hydrogens is 565 g/mol. The second kappa shape index (κ2) is 11.4. The van der Waals surface area contributed by atoms with Gasteiger partial charge in [0.1, 0.15) is 0 Å². The van der Waals surface area contributed by atoms with Crippen LogP contribution >= 0.6 is 35.0 Å². The van der Waals surface area contributed by atoms with Gasteiger partial charge in [-0.3, -0.25) is 14.5 Å². The number of likely N-dealkylation sites (N-methyl/N-ethyl adjacent to an activating group) is 1. The van der Waals surface area contributed by atoms with Crippen LogP contribution < -0.4 is 0 Å². The number of carbonyl (C=O) groups excluding carboxylic acids is 2. The topological polar surface area (TPSA) is 69.3 Å². The molecule has 1 aromatic heterocycles. The van der Waals surface area contributed by atoms with Crippen molar-refractivity contribution in [2.45, 2.75) is 30.3 Å². The van der Waals surface area contributed by atoms with Crippen LogP contribution in [0.1, 0.15) is 30.9 Å². The summed E-state index contributed by atoms with van der Waals surface area (Å²) in [4.78, 5) is 40.0. The lowest BCUT2D eigenvalue weighted by Gasteiger charge is -2.31. The van der Waals surface area contributed by atoms with Gasteiger partial charge in [-0.2, -0.15) is 0 Å². The fourth-order valence-electron chi connectivity index (χ4n) is 4.99. The zero-order valence-electron chi connectivity index (χ0n) is 22.9. The number of quaternary nitrogens is 1. The third-order valence-electron chi connectivity index (χ3n) is 6.90. The second-order valence-electron chi connectivity index (χ2n) is 10.9. The zero-order chi connectivity index (χ0) is 28.6. The Morgan fingerprint density at radius 1 is 0.900 bits per heavy atom. The molecule has 3 aromatic rings. The summed E-state index contributed by atoms with van der Waals surface area (Å²) in [6.07, 6.45) is 5.02. The standard InChI is InChI=1S/C30H32Cl2N5O2S/c1-5-6-23(40-30-33-15-16-34-30)36-27(20-9-13-22(32)14-10-20)25-24(29(36)39)26(19-7-11-21(31)12-8-19)35(28(25)38)17-18-37(2,3)4/h7-16,23H,5-6,17-18H2,1-4H3,(H,33,34)/q+1. The molecule has 0 bridgehead atoms. The van der Waals surface area contributed by atoms with Crippen LogP contribution in [0.5, 0.6) is 0 Å². The van der Waals surface area contributed by atoms with Crippen molar-refractivity contribution in [2.24, 2.45) is 0 Å². The van der Waals surface area contributed by atoms with Gasteiger partial charge in [0.2, 0.25) is 0 Å². The van der Waals surface area contributed by atoms with E-state index in [0.717, 1.165) is 17.5 Å². The molecule has 0 fully saturated rings. The summed E-state index contributed by atoms with van der Waals surface area (Å²) in [6, 6.07) is 14.7. The summed E-state index contributed by atoms with van der Waals surface area (Å²) in [5.74, 6) is -0.365. The highest BCUT2D eigenvalue weighted by Crippen LogP contribution is 2.49. The van der Waals surface area contributed by atoms with Crippen LogP contribution in [0.15, 0.2) is 77.2 Å². The monoisotopic (exact) mass is 596 g/mol. The number of carbonyl (C=O) groups is 2. The van der Waals surface area contributed by atoms with E-state index in [-0.39, 0.29) is 17.2 Å². The molecule has 2 aromatic carbocycles. The van der Waals surface area contributed by atoms with Crippen LogP contribution in [0.2, 0.25) is 10.0 Å². The highest BCUT2D eigenvalue weighted by molar-refractivity contribution is 7.99. The van der Waals surface area contributed by atoms with E-state index < -0.39 is 0 Å². The minimum Gasteiger partial charge on any atom is -0.340 e. The number of aromatic amines is 1. The number of hydrogen-bond acceptors (Lipinski definition) is 4. The van der Waals surface area contributed by atoms with E-state index in [1.807, 2.05) is 24.3 Å². The zero-order valence-corrected chi connectivity index (χ0v) is 25.3. The molecule has 0 radical (unpaired) electrons. The van der Waals surface area contributed by atoms with Gasteiger partial charge in [-0.1, -0.05) is 72.6 Å². The fraction of sp³-hybridized carbons (Fsp3) is 0.300. The quantitative estimate of drug-likeness (QED) is 0.225. The Hall–Kier alpha value is -3.04. The molecule has 10 heteroatoms. The molecule has 208 valence electrons. The predicted octanol–water partition coefficient (Wildman–Crippen LogP) is 6.15. The number of halogens is 2. The third-order valence-corrected chi connectivity index (χ3v) is 8.57. The summed E-state index contributed by atoms with van der Waals surface area (Å²) in [5, 5.41) is 1.61. The Balaban J connectivity index is 1.73. The minimum atomic E-state index is -0.279. The Bertz CT molecular complexity index is 1480. The van der Waals surface area contributed by atoms with Crippen LogP contribution in [0.3, 0.4) is 0 Å². The van der Waals surface area contributed by atoms with Gasteiger partial charge in [0, 0.05) is 22.4 Å². The maximum absolute atomic E-state index is 14.6. The normalized spacial score (nSPS) is 16.4. The summed E-state index contributed by atoms with van der Waals surface area (Å²) < 4.78 is 0.675. The van der Waals surface area contributed by atoms with E-state index in [1.165, 1.54) is 11.8 Å². The maximum atomic E-state index is 14.6. The van der Waals surface area contributed by atoms with Crippen molar-refractivity contribution in [2.75, 3.05) is 34.2 Å². The lowest BCUT2D eigenvalue weighted by atomic mass is 10.0. The molecule has 1 unspecified atom stereocenters. The minimum absolute atomic E-state index is 0.174. The molecule has 3 heterocycles. The second-order valence-corrected chi connectivity index (χ2v) is 12.9. The number of rotatable bonds is 10. The first-order valence-corrected chi connectivity index (χ1v) is 14.9. The number of amides is 2. The number of thioether (sulfide) groups is 1. The highest BCUT2D eigenvalue weighted by Gasteiger charge is 2.50. The molecule has 0 saturated carbocycles. The molecule has 7 nitrogen and oxygen atoms in total. The van der Waals surface area contributed by atoms with Gasteiger partial charge in [-0.25, -0.2) is 4.98 Å². The smallest absolute Gasteiger partial charge is 0.262 e. The van der Waals surface area contributed by atoms with E-state index >= 15 is 0 Å². The lowest BCUT2D eigenvalue weighted by molar-refractivity contribution is -0.869. The van der Waals surface area contributed by atoms with Crippen LogP contribution in [0.4, 0.5) is 0 Å². The van der Waals surface area contributed by atoms with E-state index in [4.69, 9.17) is 23.2 Å². The number of aromatic nitrogens is 2. The Labute approximate surface area is 249 Å². The number of imidazole rings is 1.